The molecule has 5 heteroatoms. The predicted molar refractivity (Wildman–Crippen MR) is 74.7 cm³/mol. The summed E-state index contributed by atoms with van der Waals surface area (Å²) in [6.45, 7) is 1.16. The summed E-state index contributed by atoms with van der Waals surface area (Å²) in [6, 6.07) is 6.47. The van der Waals surface area contributed by atoms with Crippen LogP contribution in [-0.4, -0.2) is 35.2 Å². The number of carbonyl (C=O) groups excluding carboxylic acids is 1. The van der Waals surface area contributed by atoms with Crippen LogP contribution in [0.15, 0.2) is 24.3 Å². The number of aliphatic hydroxyl groups is 1. The molecule has 0 spiro atoms. The van der Waals surface area contributed by atoms with Crippen LogP contribution >= 0.6 is 0 Å². The van der Waals surface area contributed by atoms with E-state index in [0.717, 1.165) is 24.8 Å². The lowest BCUT2D eigenvalue weighted by Gasteiger charge is -2.22. The molecule has 0 saturated heterocycles. The van der Waals surface area contributed by atoms with Gasteiger partial charge in [-0.05, 0) is 43.4 Å². The van der Waals surface area contributed by atoms with Crippen LogP contribution in [0.25, 0.3) is 0 Å². The molecular weight excluding hydrogens is 259 g/mol. The summed E-state index contributed by atoms with van der Waals surface area (Å²) in [5.74, 6) is -0.293. The van der Waals surface area contributed by atoms with Gasteiger partial charge in [-0.25, -0.2) is 9.18 Å². The highest BCUT2D eigenvalue weighted by atomic mass is 19.1. The number of halogens is 1. The first-order valence-electron chi connectivity index (χ1n) is 7.10. The van der Waals surface area contributed by atoms with Gasteiger partial charge in [-0.15, -0.1) is 0 Å². The fourth-order valence-corrected chi connectivity index (χ4v) is 2.16. The van der Waals surface area contributed by atoms with E-state index in [0.29, 0.717) is 25.6 Å². The molecule has 0 aliphatic heterocycles. The number of hydrogen-bond acceptors (Lipinski definition) is 2. The number of carbonyl (C=O) groups is 1. The first-order valence-corrected chi connectivity index (χ1v) is 7.10. The molecule has 2 amide bonds. The minimum atomic E-state index is -0.293. The molecule has 1 aromatic carbocycles. The molecule has 0 aromatic heterocycles. The fourth-order valence-electron chi connectivity index (χ4n) is 2.16. The summed E-state index contributed by atoms with van der Waals surface area (Å²) in [4.78, 5) is 14.0. The number of nitrogens with one attached hydrogen (secondary N) is 1. The minimum absolute atomic E-state index is 0.102. The van der Waals surface area contributed by atoms with Crippen LogP contribution in [0.3, 0.4) is 0 Å². The van der Waals surface area contributed by atoms with Gasteiger partial charge in [0, 0.05) is 25.7 Å². The highest BCUT2D eigenvalue weighted by Gasteiger charge is 2.31. The van der Waals surface area contributed by atoms with Crippen LogP contribution < -0.4 is 5.32 Å². The van der Waals surface area contributed by atoms with Gasteiger partial charge in [0.1, 0.15) is 5.82 Å². The molecule has 1 saturated carbocycles. The molecular formula is C15H21FN2O2. The number of amides is 2. The zero-order chi connectivity index (χ0) is 14.4. The molecule has 0 heterocycles. The number of urea groups is 1. The maximum Gasteiger partial charge on any atom is 0.317 e. The third-order valence-electron chi connectivity index (χ3n) is 3.39. The Kier molecular flexibility index (Phi) is 5.35. The van der Waals surface area contributed by atoms with Gasteiger partial charge in [-0.2, -0.15) is 0 Å². The lowest BCUT2D eigenvalue weighted by molar-refractivity contribution is 0.190. The molecule has 1 aromatic rings. The van der Waals surface area contributed by atoms with Gasteiger partial charge < -0.3 is 15.3 Å². The highest BCUT2D eigenvalue weighted by Crippen LogP contribution is 2.27. The Hall–Kier alpha value is -1.62. The minimum Gasteiger partial charge on any atom is -0.396 e. The van der Waals surface area contributed by atoms with Crippen molar-refractivity contribution >= 4 is 6.03 Å². The molecule has 1 aliphatic rings. The van der Waals surface area contributed by atoms with E-state index in [1.807, 2.05) is 4.90 Å². The summed E-state index contributed by atoms with van der Waals surface area (Å²) in [5.41, 5.74) is 0.754. The molecule has 0 bridgehead atoms. The summed E-state index contributed by atoms with van der Waals surface area (Å²) in [6.07, 6.45) is 3.61. The number of nitrogens with zero attached hydrogens (tertiary/aromatic N) is 1. The SMILES string of the molecule is O=C(NCc1cccc(F)c1)N(CCCCO)C1CC1. The Balaban J connectivity index is 1.82. The molecule has 110 valence electrons. The van der Waals surface area contributed by atoms with E-state index in [-0.39, 0.29) is 18.5 Å². The lowest BCUT2D eigenvalue weighted by atomic mass is 10.2. The zero-order valence-electron chi connectivity index (χ0n) is 11.5. The summed E-state index contributed by atoms with van der Waals surface area (Å²) in [7, 11) is 0. The van der Waals surface area contributed by atoms with Gasteiger partial charge in [0.25, 0.3) is 0 Å². The Morgan fingerprint density at radius 2 is 2.20 bits per heavy atom. The standard InChI is InChI=1S/C15H21FN2O2/c16-13-5-3-4-12(10-13)11-17-15(20)18(14-6-7-14)8-1-2-9-19/h3-5,10,14,19H,1-2,6-9,11H2,(H,17,20). The van der Waals surface area contributed by atoms with Crippen molar-refractivity contribution in [3.05, 3.63) is 35.6 Å². The molecule has 2 N–H and O–H groups in total. The highest BCUT2D eigenvalue weighted by molar-refractivity contribution is 5.74. The van der Waals surface area contributed by atoms with Gasteiger partial charge in [0.15, 0.2) is 0 Å². The number of unbranched alkanes of at least 4 members (excludes halogenated alkanes) is 1. The quantitative estimate of drug-likeness (QED) is 0.753. The van der Waals surface area contributed by atoms with E-state index in [1.165, 1.54) is 12.1 Å². The van der Waals surface area contributed by atoms with Crippen LogP contribution in [0.1, 0.15) is 31.2 Å². The van der Waals surface area contributed by atoms with Crippen LogP contribution in [-0.2, 0) is 6.54 Å². The molecule has 2 rings (SSSR count). The van der Waals surface area contributed by atoms with Crippen LogP contribution in [0.2, 0.25) is 0 Å². The van der Waals surface area contributed by atoms with E-state index in [4.69, 9.17) is 5.11 Å². The average Bonchev–Trinajstić information content (AvgIpc) is 3.26. The number of hydrogen-bond donors (Lipinski definition) is 2. The van der Waals surface area contributed by atoms with Crippen molar-refractivity contribution in [3.8, 4) is 0 Å². The third-order valence-corrected chi connectivity index (χ3v) is 3.39. The average molecular weight is 280 g/mol. The van der Waals surface area contributed by atoms with Gasteiger partial charge in [-0.1, -0.05) is 12.1 Å². The number of benzene rings is 1. The van der Waals surface area contributed by atoms with Crippen molar-refractivity contribution in [1.82, 2.24) is 10.2 Å². The van der Waals surface area contributed by atoms with Gasteiger partial charge in [-0.3, -0.25) is 0 Å². The van der Waals surface area contributed by atoms with Crippen molar-refractivity contribution in [1.29, 1.82) is 0 Å². The van der Waals surface area contributed by atoms with Crippen LogP contribution in [0.4, 0.5) is 9.18 Å². The topological polar surface area (TPSA) is 52.6 Å². The van der Waals surface area contributed by atoms with Crippen molar-refractivity contribution < 1.29 is 14.3 Å². The Bertz CT molecular complexity index is 449. The summed E-state index contributed by atoms with van der Waals surface area (Å²) >= 11 is 0. The Morgan fingerprint density at radius 3 is 2.85 bits per heavy atom. The molecule has 4 nitrogen and oxygen atoms in total. The second kappa shape index (κ2) is 7.24. The second-order valence-corrected chi connectivity index (χ2v) is 5.14. The van der Waals surface area contributed by atoms with E-state index in [2.05, 4.69) is 5.32 Å². The van der Waals surface area contributed by atoms with Crippen molar-refractivity contribution in [2.75, 3.05) is 13.2 Å². The first kappa shape index (κ1) is 14.8. The van der Waals surface area contributed by atoms with E-state index in [9.17, 15) is 9.18 Å². The Labute approximate surface area is 118 Å². The van der Waals surface area contributed by atoms with Crippen LogP contribution in [0.5, 0.6) is 0 Å². The van der Waals surface area contributed by atoms with Crippen LogP contribution in [0, 0.1) is 5.82 Å². The van der Waals surface area contributed by atoms with Gasteiger partial charge in [0.2, 0.25) is 0 Å². The maximum absolute atomic E-state index is 13.0. The fraction of sp³-hybridized carbons (Fsp3) is 0.533. The number of aliphatic hydroxyl groups excluding tert-OH is 1. The second-order valence-electron chi connectivity index (χ2n) is 5.14. The van der Waals surface area contributed by atoms with E-state index < -0.39 is 0 Å². The smallest absolute Gasteiger partial charge is 0.317 e. The third kappa shape index (κ3) is 4.49. The molecule has 20 heavy (non-hydrogen) atoms. The number of rotatable bonds is 7. The first-order chi connectivity index (χ1) is 9.70. The lowest BCUT2D eigenvalue weighted by Crippen LogP contribution is -2.41. The monoisotopic (exact) mass is 280 g/mol. The Morgan fingerprint density at radius 1 is 1.40 bits per heavy atom. The summed E-state index contributed by atoms with van der Waals surface area (Å²) in [5, 5.41) is 11.6. The van der Waals surface area contributed by atoms with Gasteiger partial charge >= 0.3 is 6.03 Å². The van der Waals surface area contributed by atoms with E-state index >= 15 is 0 Å². The maximum atomic E-state index is 13.0. The largest absolute Gasteiger partial charge is 0.396 e. The summed E-state index contributed by atoms with van der Waals surface area (Å²) < 4.78 is 13.0. The molecule has 0 unspecified atom stereocenters. The van der Waals surface area contributed by atoms with Crippen molar-refractivity contribution in [2.45, 2.75) is 38.3 Å². The zero-order valence-corrected chi connectivity index (χ0v) is 11.5. The molecule has 0 atom stereocenters. The molecule has 1 aliphatic carbocycles. The normalized spacial score (nSPS) is 14.1. The molecule has 0 radical (unpaired) electrons. The predicted octanol–water partition coefficient (Wildman–Crippen LogP) is 2.27. The van der Waals surface area contributed by atoms with E-state index in [1.54, 1.807) is 12.1 Å². The van der Waals surface area contributed by atoms with Crippen molar-refractivity contribution in [3.63, 3.8) is 0 Å². The van der Waals surface area contributed by atoms with Gasteiger partial charge in [0.05, 0.1) is 0 Å². The molecule has 1 fully saturated rings. The van der Waals surface area contributed by atoms with Crippen molar-refractivity contribution in [2.24, 2.45) is 0 Å².